The van der Waals surface area contributed by atoms with Gasteiger partial charge in [-0.3, -0.25) is 9.12 Å². The number of aromatic nitrogens is 2. The second-order valence-corrected chi connectivity index (χ2v) is 7.37. The molecule has 0 bridgehead atoms. The van der Waals surface area contributed by atoms with Gasteiger partial charge in [0, 0.05) is 17.8 Å². The van der Waals surface area contributed by atoms with Crippen LogP contribution in [0.3, 0.4) is 0 Å². The molecule has 0 atom stereocenters. The lowest BCUT2D eigenvalue weighted by atomic mass is 10.1. The zero-order chi connectivity index (χ0) is 16.8. The number of halogens is 3. The van der Waals surface area contributed by atoms with Crippen LogP contribution in [-0.4, -0.2) is 24.1 Å². The summed E-state index contributed by atoms with van der Waals surface area (Å²) < 4.78 is 54.7. The topological polar surface area (TPSA) is 63.5 Å². The van der Waals surface area contributed by atoms with E-state index in [-0.39, 0.29) is 16.9 Å². The molecule has 0 aliphatic rings. The van der Waals surface area contributed by atoms with Crippen molar-refractivity contribution < 1.29 is 17.2 Å². The second kappa shape index (κ2) is 5.57. The van der Waals surface area contributed by atoms with E-state index in [0.29, 0.717) is 16.3 Å². The van der Waals surface area contributed by atoms with Gasteiger partial charge in [-0.2, -0.15) is 0 Å². The fourth-order valence-electron chi connectivity index (χ4n) is 2.15. The Labute approximate surface area is 139 Å². The Hall–Kier alpha value is -2.00. The summed E-state index contributed by atoms with van der Waals surface area (Å²) in [6.45, 7) is 0. The average Bonchev–Trinajstić information content (AvgIpc) is 2.78. The van der Waals surface area contributed by atoms with Crippen molar-refractivity contribution in [3.8, 4) is 11.3 Å². The summed E-state index contributed by atoms with van der Waals surface area (Å²) in [4.78, 5) is 4.29. The number of sulfonamides is 1. The van der Waals surface area contributed by atoms with Crippen LogP contribution in [0, 0.1) is 11.6 Å². The van der Waals surface area contributed by atoms with E-state index < -0.39 is 21.7 Å². The van der Waals surface area contributed by atoms with Crippen LogP contribution in [0.1, 0.15) is 0 Å². The van der Waals surface area contributed by atoms with E-state index in [0.717, 1.165) is 12.3 Å². The van der Waals surface area contributed by atoms with Crippen LogP contribution < -0.4 is 4.72 Å². The van der Waals surface area contributed by atoms with Gasteiger partial charge in [-0.25, -0.2) is 22.2 Å². The van der Waals surface area contributed by atoms with E-state index in [1.807, 2.05) is 4.72 Å². The minimum Gasteiger partial charge on any atom is -0.294 e. The first-order chi connectivity index (χ1) is 10.8. The lowest BCUT2D eigenvalue weighted by Crippen LogP contribution is -2.11. The first-order valence-corrected chi connectivity index (χ1v) is 9.04. The summed E-state index contributed by atoms with van der Waals surface area (Å²) in [5, 5.41) is 0. The van der Waals surface area contributed by atoms with Gasteiger partial charge in [-0.05, 0) is 34.1 Å². The molecule has 0 saturated carbocycles. The summed E-state index contributed by atoms with van der Waals surface area (Å²) in [5.41, 5.74) is 0.446. The molecule has 3 rings (SSSR count). The first-order valence-electron chi connectivity index (χ1n) is 6.36. The summed E-state index contributed by atoms with van der Waals surface area (Å²) in [6, 6.07) is 6.99. The highest BCUT2D eigenvalue weighted by molar-refractivity contribution is 9.10. The molecule has 1 N–H and O–H groups in total. The maximum absolute atomic E-state index is 14.2. The Balaban J connectivity index is 2.22. The number of hydrogen-bond acceptors (Lipinski definition) is 3. The molecule has 0 amide bonds. The molecule has 1 aromatic carbocycles. The number of imidazole rings is 1. The molecule has 5 nitrogen and oxygen atoms in total. The maximum Gasteiger partial charge on any atom is 0.229 e. The number of benzene rings is 1. The van der Waals surface area contributed by atoms with Gasteiger partial charge >= 0.3 is 0 Å². The number of anilines is 1. The lowest BCUT2D eigenvalue weighted by Gasteiger charge is -2.08. The first kappa shape index (κ1) is 15.9. The third-order valence-corrected chi connectivity index (χ3v) is 4.43. The van der Waals surface area contributed by atoms with Crippen molar-refractivity contribution in [1.82, 2.24) is 9.38 Å². The van der Waals surface area contributed by atoms with Gasteiger partial charge in [0.05, 0.1) is 11.9 Å². The molecule has 0 saturated heterocycles. The van der Waals surface area contributed by atoms with Gasteiger partial charge in [-0.15, -0.1) is 0 Å². The van der Waals surface area contributed by atoms with Crippen molar-refractivity contribution in [2.45, 2.75) is 0 Å². The van der Waals surface area contributed by atoms with Crippen molar-refractivity contribution in [1.29, 1.82) is 0 Å². The summed E-state index contributed by atoms with van der Waals surface area (Å²) >= 11 is 3.33. The van der Waals surface area contributed by atoms with Crippen LogP contribution >= 0.6 is 15.9 Å². The highest BCUT2D eigenvalue weighted by Crippen LogP contribution is 2.33. The van der Waals surface area contributed by atoms with E-state index in [1.54, 1.807) is 28.8 Å². The van der Waals surface area contributed by atoms with E-state index in [4.69, 9.17) is 0 Å². The normalized spacial score (nSPS) is 11.8. The molecular formula is C14H10BrF2N3O2S. The molecule has 23 heavy (non-hydrogen) atoms. The summed E-state index contributed by atoms with van der Waals surface area (Å²) in [5.74, 6) is -1.85. The number of nitrogens with zero attached hydrogens (tertiary/aromatic N) is 2. The Morgan fingerprint density at radius 2 is 1.96 bits per heavy atom. The van der Waals surface area contributed by atoms with Crippen LogP contribution in [-0.2, 0) is 10.0 Å². The predicted molar refractivity (Wildman–Crippen MR) is 86.7 cm³/mol. The van der Waals surface area contributed by atoms with E-state index in [2.05, 4.69) is 20.9 Å². The monoisotopic (exact) mass is 401 g/mol. The number of fused-ring (bicyclic) bond motifs is 1. The molecule has 0 aliphatic carbocycles. The molecule has 3 aromatic rings. The van der Waals surface area contributed by atoms with Crippen molar-refractivity contribution >= 4 is 37.3 Å². The Morgan fingerprint density at radius 3 is 2.61 bits per heavy atom. The van der Waals surface area contributed by atoms with Crippen LogP contribution in [0.15, 0.2) is 41.1 Å². The highest BCUT2D eigenvalue weighted by atomic mass is 79.9. The number of pyridine rings is 1. The average molecular weight is 402 g/mol. The fraction of sp³-hybridized carbons (Fsp3) is 0.0714. The van der Waals surface area contributed by atoms with Crippen LogP contribution in [0.2, 0.25) is 0 Å². The molecule has 0 aliphatic heterocycles. The van der Waals surface area contributed by atoms with Crippen LogP contribution in [0.4, 0.5) is 14.5 Å². The minimum absolute atomic E-state index is 0.0203. The van der Waals surface area contributed by atoms with E-state index in [9.17, 15) is 17.2 Å². The molecule has 9 heteroatoms. The molecule has 0 fully saturated rings. The number of nitrogens with one attached hydrogen (secondary N) is 1. The molecule has 0 unspecified atom stereocenters. The van der Waals surface area contributed by atoms with Gasteiger partial charge < -0.3 is 0 Å². The molecule has 120 valence electrons. The van der Waals surface area contributed by atoms with Gasteiger partial charge in [0.2, 0.25) is 10.0 Å². The Bertz CT molecular complexity index is 1020. The van der Waals surface area contributed by atoms with Crippen LogP contribution in [0.5, 0.6) is 0 Å². The van der Waals surface area contributed by atoms with Crippen molar-refractivity contribution in [2.24, 2.45) is 0 Å². The third kappa shape index (κ3) is 3.06. The Kier molecular flexibility index (Phi) is 3.85. The van der Waals surface area contributed by atoms with Crippen molar-refractivity contribution in [3.05, 3.63) is 52.8 Å². The van der Waals surface area contributed by atoms with E-state index >= 15 is 0 Å². The largest absolute Gasteiger partial charge is 0.294 e. The van der Waals surface area contributed by atoms with Gasteiger partial charge in [0.25, 0.3) is 0 Å². The predicted octanol–water partition coefficient (Wildman–Crippen LogP) is 3.41. The number of hydrogen-bond donors (Lipinski definition) is 1. The molecule has 0 spiro atoms. The van der Waals surface area contributed by atoms with Gasteiger partial charge in [0.1, 0.15) is 27.6 Å². The molecule has 2 heterocycles. The molecular weight excluding hydrogens is 392 g/mol. The number of rotatable bonds is 3. The Morgan fingerprint density at radius 1 is 1.22 bits per heavy atom. The fourth-order valence-corrected chi connectivity index (χ4v) is 3.30. The molecule has 0 radical (unpaired) electrons. The van der Waals surface area contributed by atoms with Crippen molar-refractivity contribution in [3.63, 3.8) is 0 Å². The summed E-state index contributed by atoms with van der Waals surface area (Å²) in [6.07, 6.45) is 2.61. The molecule has 2 aromatic heterocycles. The third-order valence-electron chi connectivity index (χ3n) is 3.08. The highest BCUT2D eigenvalue weighted by Gasteiger charge is 2.19. The summed E-state index contributed by atoms with van der Waals surface area (Å²) in [7, 11) is -3.70. The lowest BCUT2D eigenvalue weighted by molar-refractivity contribution is 0.585. The SMILES string of the molecule is CS(=O)(=O)Nc1cc(-c2nc3ccccn3c2Br)c(F)cc1F. The minimum atomic E-state index is -3.70. The smallest absolute Gasteiger partial charge is 0.229 e. The van der Waals surface area contributed by atoms with E-state index in [1.165, 1.54) is 0 Å². The maximum atomic E-state index is 14.2. The zero-order valence-corrected chi connectivity index (χ0v) is 14.1. The van der Waals surface area contributed by atoms with Gasteiger partial charge in [0.15, 0.2) is 0 Å². The standard InChI is InChI=1S/C14H10BrF2N3O2S/c1-23(21,22)19-11-6-8(9(16)7-10(11)17)13-14(15)20-5-3-2-4-12(20)18-13/h2-7,19H,1H3. The zero-order valence-electron chi connectivity index (χ0n) is 11.7. The van der Waals surface area contributed by atoms with Crippen LogP contribution in [0.25, 0.3) is 16.9 Å². The second-order valence-electron chi connectivity index (χ2n) is 4.87. The van der Waals surface area contributed by atoms with Gasteiger partial charge in [-0.1, -0.05) is 6.07 Å². The quantitative estimate of drug-likeness (QED) is 0.731. The van der Waals surface area contributed by atoms with Crippen molar-refractivity contribution in [2.75, 3.05) is 11.0 Å².